The van der Waals surface area contributed by atoms with E-state index in [9.17, 15) is 4.79 Å². The molecule has 0 aliphatic carbocycles. The molecule has 0 saturated carbocycles. The lowest BCUT2D eigenvalue weighted by molar-refractivity contribution is 0.106. The van der Waals surface area contributed by atoms with Gasteiger partial charge in [-0.15, -0.1) is 0 Å². The Morgan fingerprint density at radius 2 is 1.78 bits per heavy atom. The zero-order chi connectivity index (χ0) is 19.2. The third-order valence-corrected chi connectivity index (χ3v) is 4.61. The van der Waals surface area contributed by atoms with Crippen LogP contribution in [-0.4, -0.2) is 38.9 Å². The van der Waals surface area contributed by atoms with Crippen molar-refractivity contribution >= 4 is 11.5 Å². The van der Waals surface area contributed by atoms with Gasteiger partial charge < -0.3 is 14.2 Å². The largest absolute Gasteiger partial charge is 0.494 e. The molecule has 0 aromatic heterocycles. The molecule has 2 aromatic rings. The fourth-order valence-corrected chi connectivity index (χ4v) is 3.09. The molecule has 0 N–H and O–H groups in total. The van der Waals surface area contributed by atoms with Gasteiger partial charge in [-0.2, -0.15) is 0 Å². The Bertz CT molecular complexity index is 840. The molecule has 0 saturated heterocycles. The number of ketones is 1. The van der Waals surface area contributed by atoms with Crippen molar-refractivity contribution in [2.75, 3.05) is 27.4 Å². The molecule has 0 amide bonds. The van der Waals surface area contributed by atoms with Gasteiger partial charge in [0.2, 0.25) is 5.78 Å². The molecule has 0 radical (unpaired) electrons. The maximum atomic E-state index is 13.0. The molecule has 0 unspecified atom stereocenters. The Morgan fingerprint density at radius 1 is 1.07 bits per heavy atom. The summed E-state index contributed by atoms with van der Waals surface area (Å²) in [5, 5.41) is 0. The summed E-state index contributed by atoms with van der Waals surface area (Å²) in [6.07, 6.45) is 2.88. The molecule has 142 valence electrons. The number of carbonyl (C=O) groups excluding carboxylic acids is 1. The minimum atomic E-state index is -0.0942. The fourth-order valence-electron chi connectivity index (χ4n) is 3.09. The van der Waals surface area contributed by atoms with Gasteiger partial charge in [0.05, 0.1) is 20.8 Å². The lowest BCUT2D eigenvalue weighted by Crippen LogP contribution is -2.22. The molecule has 5 heteroatoms. The number of rotatable bonds is 8. The van der Waals surface area contributed by atoms with E-state index in [-0.39, 0.29) is 5.78 Å². The van der Waals surface area contributed by atoms with Gasteiger partial charge >= 0.3 is 0 Å². The van der Waals surface area contributed by atoms with Crippen molar-refractivity contribution in [3.8, 4) is 17.2 Å². The van der Waals surface area contributed by atoms with Gasteiger partial charge in [-0.05, 0) is 54.8 Å². The Labute approximate surface area is 160 Å². The summed E-state index contributed by atoms with van der Waals surface area (Å²) in [6.45, 7) is 3.39. The second-order valence-electron chi connectivity index (χ2n) is 6.40. The van der Waals surface area contributed by atoms with E-state index >= 15 is 0 Å². The number of aliphatic imine (C=N–C) groups is 1. The average molecular weight is 367 g/mol. The monoisotopic (exact) mass is 367 g/mol. The normalized spacial score (nSPS) is 12.8. The molecular weight excluding hydrogens is 342 g/mol. The summed E-state index contributed by atoms with van der Waals surface area (Å²) in [6, 6.07) is 11.0. The molecule has 3 rings (SSSR count). The van der Waals surface area contributed by atoms with E-state index in [1.165, 1.54) is 0 Å². The van der Waals surface area contributed by atoms with E-state index in [0.29, 0.717) is 35.9 Å². The summed E-state index contributed by atoms with van der Waals surface area (Å²) in [4.78, 5) is 17.5. The van der Waals surface area contributed by atoms with Crippen molar-refractivity contribution in [3.05, 3.63) is 53.1 Å². The maximum Gasteiger partial charge on any atom is 0.211 e. The van der Waals surface area contributed by atoms with Gasteiger partial charge in [0.25, 0.3) is 0 Å². The summed E-state index contributed by atoms with van der Waals surface area (Å²) in [5.74, 6) is 1.94. The zero-order valence-electron chi connectivity index (χ0n) is 16.1. The van der Waals surface area contributed by atoms with E-state index in [1.807, 2.05) is 24.3 Å². The van der Waals surface area contributed by atoms with Crippen molar-refractivity contribution in [1.82, 2.24) is 0 Å². The van der Waals surface area contributed by atoms with E-state index in [0.717, 1.165) is 36.1 Å². The Morgan fingerprint density at radius 3 is 2.44 bits per heavy atom. The molecule has 2 aromatic carbocycles. The number of Topliss-reactive ketones (excluding diaryl/α,β-unsaturated/α-hetero) is 1. The Kier molecular flexibility index (Phi) is 6.12. The highest BCUT2D eigenvalue weighted by molar-refractivity contribution is 6.52. The first-order valence-corrected chi connectivity index (χ1v) is 9.25. The van der Waals surface area contributed by atoms with Crippen LogP contribution in [0.1, 0.15) is 41.3 Å². The molecule has 0 fully saturated rings. The number of hydrogen-bond acceptors (Lipinski definition) is 5. The third kappa shape index (κ3) is 4.13. The summed E-state index contributed by atoms with van der Waals surface area (Å²) in [5.41, 5.74) is 2.92. The van der Waals surface area contributed by atoms with Crippen LogP contribution >= 0.6 is 0 Å². The summed E-state index contributed by atoms with van der Waals surface area (Å²) < 4.78 is 16.4. The highest BCUT2D eigenvalue weighted by atomic mass is 16.5. The molecule has 1 aliphatic heterocycles. The van der Waals surface area contributed by atoms with Gasteiger partial charge in [0.1, 0.15) is 11.5 Å². The van der Waals surface area contributed by atoms with Crippen molar-refractivity contribution in [3.63, 3.8) is 0 Å². The molecular formula is C22H25NO4. The molecule has 5 nitrogen and oxygen atoms in total. The smallest absolute Gasteiger partial charge is 0.211 e. The maximum absolute atomic E-state index is 13.0. The Balaban J connectivity index is 1.85. The number of nitrogens with zero attached hydrogens (tertiary/aromatic N) is 1. The predicted octanol–water partition coefficient (Wildman–Crippen LogP) is 4.11. The van der Waals surface area contributed by atoms with E-state index in [4.69, 9.17) is 14.2 Å². The zero-order valence-corrected chi connectivity index (χ0v) is 16.1. The van der Waals surface area contributed by atoms with Crippen LogP contribution in [0.25, 0.3) is 0 Å². The van der Waals surface area contributed by atoms with Crippen molar-refractivity contribution in [1.29, 1.82) is 0 Å². The molecule has 27 heavy (non-hydrogen) atoms. The Hall–Kier alpha value is -2.82. The van der Waals surface area contributed by atoms with E-state index in [2.05, 4.69) is 11.9 Å². The van der Waals surface area contributed by atoms with Crippen molar-refractivity contribution in [2.45, 2.75) is 26.2 Å². The molecule has 0 bridgehead atoms. The standard InChI is InChI=1S/C22H25NO4/c1-4-5-12-27-17-8-6-15(7-9-17)22(24)21-18-14-20(26-3)19(25-2)13-16(18)10-11-23-21/h6-9,13-14H,4-5,10-12H2,1-3H3. The first kappa shape index (κ1) is 19.0. The predicted molar refractivity (Wildman–Crippen MR) is 106 cm³/mol. The molecule has 0 atom stereocenters. The summed E-state index contributed by atoms with van der Waals surface area (Å²) >= 11 is 0. The van der Waals surface area contributed by atoms with Crippen molar-refractivity contribution in [2.24, 2.45) is 4.99 Å². The minimum Gasteiger partial charge on any atom is -0.494 e. The second kappa shape index (κ2) is 8.71. The lowest BCUT2D eigenvalue weighted by atomic mass is 9.92. The van der Waals surface area contributed by atoms with E-state index < -0.39 is 0 Å². The summed E-state index contributed by atoms with van der Waals surface area (Å²) in [7, 11) is 3.19. The number of benzene rings is 2. The fraction of sp³-hybridized carbons (Fsp3) is 0.364. The van der Waals surface area contributed by atoms with Crippen LogP contribution in [0.4, 0.5) is 0 Å². The van der Waals surface area contributed by atoms with E-state index in [1.54, 1.807) is 26.4 Å². The number of carbonyl (C=O) groups is 1. The number of unbranched alkanes of at least 4 members (excludes halogenated alkanes) is 1. The van der Waals surface area contributed by atoms with Crippen molar-refractivity contribution < 1.29 is 19.0 Å². The van der Waals surface area contributed by atoms with Crippen LogP contribution in [0.2, 0.25) is 0 Å². The van der Waals surface area contributed by atoms with Gasteiger partial charge in [0, 0.05) is 17.7 Å². The molecule has 1 heterocycles. The quantitative estimate of drug-likeness (QED) is 0.520. The number of fused-ring (bicyclic) bond motifs is 1. The minimum absolute atomic E-state index is 0.0942. The number of hydrogen-bond donors (Lipinski definition) is 0. The van der Waals surface area contributed by atoms with Gasteiger partial charge in [-0.1, -0.05) is 13.3 Å². The average Bonchev–Trinajstić information content (AvgIpc) is 2.72. The van der Waals surface area contributed by atoms with Crippen LogP contribution in [-0.2, 0) is 6.42 Å². The van der Waals surface area contributed by atoms with Crippen LogP contribution < -0.4 is 14.2 Å². The topological polar surface area (TPSA) is 57.1 Å². The SMILES string of the molecule is CCCCOc1ccc(C(=O)C2=NCCc3cc(OC)c(OC)cc32)cc1. The van der Waals surface area contributed by atoms with Crippen LogP contribution in [0, 0.1) is 0 Å². The highest BCUT2D eigenvalue weighted by Crippen LogP contribution is 2.33. The first-order chi connectivity index (χ1) is 13.2. The van der Waals surface area contributed by atoms with Crippen LogP contribution in [0.15, 0.2) is 41.4 Å². The van der Waals surface area contributed by atoms with Gasteiger partial charge in [0.15, 0.2) is 11.5 Å². The third-order valence-electron chi connectivity index (χ3n) is 4.61. The number of methoxy groups -OCH3 is 2. The number of ether oxygens (including phenoxy) is 3. The van der Waals surface area contributed by atoms with Gasteiger partial charge in [-0.3, -0.25) is 9.79 Å². The first-order valence-electron chi connectivity index (χ1n) is 9.25. The molecule has 1 aliphatic rings. The second-order valence-corrected chi connectivity index (χ2v) is 6.40. The van der Waals surface area contributed by atoms with Crippen LogP contribution in [0.5, 0.6) is 17.2 Å². The highest BCUT2D eigenvalue weighted by Gasteiger charge is 2.24. The van der Waals surface area contributed by atoms with Crippen LogP contribution in [0.3, 0.4) is 0 Å². The van der Waals surface area contributed by atoms with Gasteiger partial charge in [-0.25, -0.2) is 0 Å². The molecule has 0 spiro atoms. The lowest BCUT2D eigenvalue weighted by Gasteiger charge is -2.19.